The van der Waals surface area contributed by atoms with Crippen LogP contribution in [0, 0.1) is 0 Å². The molecule has 0 spiro atoms. The van der Waals surface area contributed by atoms with E-state index >= 15 is 0 Å². The van der Waals surface area contributed by atoms with Gasteiger partial charge < -0.3 is 14.9 Å². The molecule has 1 aliphatic rings. The molecule has 166 valence electrons. The summed E-state index contributed by atoms with van der Waals surface area (Å²) in [6.07, 6.45) is -4.69. The summed E-state index contributed by atoms with van der Waals surface area (Å²) in [5.41, 5.74) is -0.385. The van der Waals surface area contributed by atoms with Crippen molar-refractivity contribution in [1.29, 1.82) is 0 Å². The minimum absolute atomic E-state index is 0.121. The number of amides is 2. The average Bonchev–Trinajstić information content (AvgIpc) is 2.73. The average molecular weight is 476 g/mol. The lowest BCUT2D eigenvalue weighted by atomic mass is 9.85. The van der Waals surface area contributed by atoms with E-state index in [0.717, 1.165) is 12.1 Å². The van der Waals surface area contributed by atoms with Gasteiger partial charge in [-0.3, -0.25) is 9.78 Å². The van der Waals surface area contributed by atoms with Gasteiger partial charge in [-0.1, -0.05) is 29.3 Å². The molecule has 2 atom stereocenters. The van der Waals surface area contributed by atoms with Gasteiger partial charge in [0.25, 0.3) is 5.91 Å². The van der Waals surface area contributed by atoms with Crippen molar-refractivity contribution in [2.24, 2.45) is 0 Å². The molecule has 11 heteroatoms. The third-order valence-electron chi connectivity index (χ3n) is 5.35. The highest BCUT2D eigenvalue weighted by Crippen LogP contribution is 2.35. The van der Waals surface area contributed by atoms with Crippen LogP contribution in [0.2, 0.25) is 10.0 Å². The first-order valence-corrected chi connectivity index (χ1v) is 9.98. The van der Waals surface area contributed by atoms with Crippen molar-refractivity contribution in [1.82, 2.24) is 14.8 Å². The zero-order chi connectivity index (χ0) is 22.9. The Hall–Kier alpha value is -2.52. The number of piperidine rings is 1. The standard InChI is InChI=1S/C20H18Cl2F3N3O3/c1-27(18(29)16-5-3-12(9-26-16)20(23,24)25)17-6-7-28(19(30)31)10-13(17)11-2-4-14(21)15(22)8-11/h2-5,8-9,13,17H,6-7,10H2,1H3,(H,30,31)/t13-,17+/m0/s1. The van der Waals surface area contributed by atoms with E-state index in [1.807, 2.05) is 0 Å². The molecule has 1 aliphatic heterocycles. The third-order valence-corrected chi connectivity index (χ3v) is 6.09. The molecule has 1 aromatic carbocycles. The zero-order valence-corrected chi connectivity index (χ0v) is 17.7. The SMILES string of the molecule is CN(C(=O)c1ccc(C(F)(F)F)cn1)[C@@H]1CCN(C(=O)O)C[C@H]1c1ccc(Cl)c(Cl)c1. The molecular formula is C20H18Cl2F3N3O3. The Bertz CT molecular complexity index is 986. The topological polar surface area (TPSA) is 73.7 Å². The van der Waals surface area contributed by atoms with Gasteiger partial charge in [-0.05, 0) is 36.2 Å². The van der Waals surface area contributed by atoms with Gasteiger partial charge in [0.15, 0.2) is 0 Å². The van der Waals surface area contributed by atoms with E-state index in [4.69, 9.17) is 23.2 Å². The summed E-state index contributed by atoms with van der Waals surface area (Å²) >= 11 is 12.1. The molecule has 2 heterocycles. The Morgan fingerprint density at radius 1 is 1.19 bits per heavy atom. The van der Waals surface area contributed by atoms with Crippen molar-refractivity contribution in [2.45, 2.75) is 24.6 Å². The number of benzene rings is 1. The second-order valence-electron chi connectivity index (χ2n) is 7.21. The molecule has 0 aliphatic carbocycles. The van der Waals surface area contributed by atoms with Gasteiger partial charge in [-0.2, -0.15) is 13.2 Å². The summed E-state index contributed by atoms with van der Waals surface area (Å²) < 4.78 is 38.3. The number of nitrogens with zero attached hydrogens (tertiary/aromatic N) is 3. The molecule has 3 rings (SSSR count). The highest BCUT2D eigenvalue weighted by atomic mass is 35.5. The molecule has 0 saturated carbocycles. The second kappa shape index (κ2) is 8.92. The fourth-order valence-electron chi connectivity index (χ4n) is 3.67. The van der Waals surface area contributed by atoms with Crippen LogP contribution in [-0.4, -0.2) is 58.1 Å². The van der Waals surface area contributed by atoms with E-state index in [2.05, 4.69) is 4.98 Å². The molecule has 0 radical (unpaired) electrons. The normalized spacial score (nSPS) is 19.2. The van der Waals surface area contributed by atoms with Crippen LogP contribution in [0.3, 0.4) is 0 Å². The van der Waals surface area contributed by atoms with Gasteiger partial charge in [-0.25, -0.2) is 4.79 Å². The lowest BCUT2D eigenvalue weighted by Gasteiger charge is -2.42. The van der Waals surface area contributed by atoms with Crippen LogP contribution in [0.5, 0.6) is 0 Å². The highest BCUT2D eigenvalue weighted by Gasteiger charge is 2.37. The number of rotatable bonds is 3. The number of alkyl halides is 3. The quantitative estimate of drug-likeness (QED) is 0.676. The number of carboxylic acid groups (broad SMARTS) is 1. The summed E-state index contributed by atoms with van der Waals surface area (Å²) in [7, 11) is 1.52. The Balaban J connectivity index is 1.89. The van der Waals surface area contributed by atoms with Crippen molar-refractivity contribution >= 4 is 35.2 Å². The van der Waals surface area contributed by atoms with Crippen LogP contribution in [0.1, 0.15) is 34.0 Å². The summed E-state index contributed by atoms with van der Waals surface area (Å²) in [5.74, 6) is -0.976. The van der Waals surface area contributed by atoms with Gasteiger partial charge in [0, 0.05) is 38.3 Å². The van der Waals surface area contributed by atoms with Gasteiger partial charge in [0.1, 0.15) is 5.69 Å². The van der Waals surface area contributed by atoms with Crippen LogP contribution in [0.15, 0.2) is 36.5 Å². The van der Waals surface area contributed by atoms with Gasteiger partial charge in [0.2, 0.25) is 0 Å². The van der Waals surface area contributed by atoms with Crippen molar-refractivity contribution < 1.29 is 27.9 Å². The van der Waals surface area contributed by atoms with Crippen LogP contribution < -0.4 is 0 Å². The highest BCUT2D eigenvalue weighted by molar-refractivity contribution is 6.42. The predicted octanol–water partition coefficient (Wildman–Crippen LogP) is 5.02. The molecule has 6 nitrogen and oxygen atoms in total. The molecule has 1 fully saturated rings. The zero-order valence-electron chi connectivity index (χ0n) is 16.2. The summed E-state index contributed by atoms with van der Waals surface area (Å²) in [6.45, 7) is 0.325. The molecule has 1 aromatic heterocycles. The van der Waals surface area contributed by atoms with E-state index in [-0.39, 0.29) is 18.8 Å². The van der Waals surface area contributed by atoms with E-state index in [1.54, 1.807) is 18.2 Å². The maximum atomic E-state index is 12.9. The maximum Gasteiger partial charge on any atom is 0.417 e. The fourth-order valence-corrected chi connectivity index (χ4v) is 3.97. The monoisotopic (exact) mass is 475 g/mol. The summed E-state index contributed by atoms with van der Waals surface area (Å²) in [5, 5.41) is 10.0. The Morgan fingerprint density at radius 3 is 2.45 bits per heavy atom. The molecule has 1 N–H and O–H groups in total. The molecule has 0 unspecified atom stereocenters. The van der Waals surface area contributed by atoms with Crippen LogP contribution in [0.25, 0.3) is 0 Å². The Kier molecular flexibility index (Phi) is 6.66. The van der Waals surface area contributed by atoms with Gasteiger partial charge in [-0.15, -0.1) is 0 Å². The summed E-state index contributed by atoms with van der Waals surface area (Å²) in [6, 6.07) is 6.34. The van der Waals surface area contributed by atoms with Crippen LogP contribution in [0.4, 0.5) is 18.0 Å². The number of carbonyl (C=O) groups excluding carboxylic acids is 1. The second-order valence-corrected chi connectivity index (χ2v) is 8.02. The molecule has 0 bridgehead atoms. The van der Waals surface area contributed by atoms with Crippen molar-refractivity contribution in [2.75, 3.05) is 20.1 Å². The first-order valence-electron chi connectivity index (χ1n) is 9.22. The molecular weight excluding hydrogens is 458 g/mol. The lowest BCUT2D eigenvalue weighted by molar-refractivity contribution is -0.137. The minimum Gasteiger partial charge on any atom is -0.465 e. The Morgan fingerprint density at radius 2 is 1.90 bits per heavy atom. The number of carbonyl (C=O) groups is 2. The number of pyridine rings is 1. The molecule has 31 heavy (non-hydrogen) atoms. The first kappa shape index (κ1) is 23.1. The smallest absolute Gasteiger partial charge is 0.417 e. The van der Waals surface area contributed by atoms with Crippen molar-refractivity contribution in [3.8, 4) is 0 Å². The van der Waals surface area contributed by atoms with Crippen molar-refractivity contribution in [3.63, 3.8) is 0 Å². The van der Waals surface area contributed by atoms with E-state index in [0.29, 0.717) is 28.2 Å². The number of likely N-dealkylation sites (tertiary alicyclic amines) is 1. The molecule has 2 aromatic rings. The van der Waals surface area contributed by atoms with Crippen LogP contribution in [-0.2, 0) is 6.18 Å². The van der Waals surface area contributed by atoms with E-state index < -0.39 is 35.7 Å². The summed E-state index contributed by atoms with van der Waals surface area (Å²) in [4.78, 5) is 30.7. The first-order chi connectivity index (χ1) is 14.5. The van der Waals surface area contributed by atoms with E-state index in [1.165, 1.54) is 16.8 Å². The molecule has 2 amide bonds. The van der Waals surface area contributed by atoms with Gasteiger partial charge in [0.05, 0.1) is 15.6 Å². The minimum atomic E-state index is -4.55. The lowest BCUT2D eigenvalue weighted by Crippen LogP contribution is -2.51. The number of halogens is 5. The number of likely N-dealkylation sites (N-methyl/N-ethyl adjacent to an activating group) is 1. The number of hydrogen-bond donors (Lipinski definition) is 1. The number of hydrogen-bond acceptors (Lipinski definition) is 3. The van der Waals surface area contributed by atoms with Gasteiger partial charge >= 0.3 is 12.3 Å². The third kappa shape index (κ3) is 5.04. The predicted molar refractivity (Wildman–Crippen MR) is 109 cm³/mol. The van der Waals surface area contributed by atoms with Crippen molar-refractivity contribution in [3.05, 3.63) is 63.4 Å². The largest absolute Gasteiger partial charge is 0.465 e. The Labute approximate surface area is 186 Å². The number of aromatic nitrogens is 1. The fraction of sp³-hybridized carbons (Fsp3) is 0.350. The van der Waals surface area contributed by atoms with Crippen LogP contribution >= 0.6 is 23.2 Å². The molecule has 1 saturated heterocycles. The maximum absolute atomic E-state index is 12.9. The van der Waals surface area contributed by atoms with E-state index in [9.17, 15) is 27.9 Å².